The summed E-state index contributed by atoms with van der Waals surface area (Å²) in [6.45, 7) is 15.6. The minimum Gasteiger partial charge on any atom is -0.307 e. The molecular formula is C33H47NO. The van der Waals surface area contributed by atoms with Gasteiger partial charge in [0.05, 0.1) is 0 Å². The molecule has 1 aliphatic heterocycles. The molecule has 0 aromatic heterocycles. The number of rotatable bonds is 10. The highest BCUT2D eigenvalue weighted by molar-refractivity contribution is 6.06. The average molecular weight is 474 g/mol. The second-order valence-electron chi connectivity index (χ2n) is 9.78. The van der Waals surface area contributed by atoms with E-state index in [0.717, 1.165) is 25.8 Å². The zero-order chi connectivity index (χ0) is 25.8. The molecule has 2 heteroatoms. The highest BCUT2D eigenvalue weighted by Crippen LogP contribution is 2.37. The molecule has 0 amide bonds. The summed E-state index contributed by atoms with van der Waals surface area (Å²) in [6, 6.07) is 17.9. The van der Waals surface area contributed by atoms with E-state index in [4.69, 9.17) is 0 Å². The predicted molar refractivity (Wildman–Crippen MR) is 154 cm³/mol. The van der Waals surface area contributed by atoms with Crippen LogP contribution in [0.5, 0.6) is 0 Å². The lowest BCUT2D eigenvalue weighted by atomic mass is 9.84. The van der Waals surface area contributed by atoms with Gasteiger partial charge in [0.15, 0.2) is 0 Å². The van der Waals surface area contributed by atoms with Gasteiger partial charge in [-0.3, -0.25) is 4.79 Å². The summed E-state index contributed by atoms with van der Waals surface area (Å²) < 4.78 is 0. The molecule has 0 spiro atoms. The summed E-state index contributed by atoms with van der Waals surface area (Å²) in [4.78, 5) is 12.8. The summed E-state index contributed by atoms with van der Waals surface area (Å²) in [5.74, 6) is 0.479. The zero-order valence-corrected chi connectivity index (χ0v) is 23.2. The zero-order valence-electron chi connectivity index (χ0n) is 23.2. The summed E-state index contributed by atoms with van der Waals surface area (Å²) in [5.41, 5.74) is 8.95. The second kappa shape index (κ2) is 14.8. The third-order valence-corrected chi connectivity index (χ3v) is 6.98. The Kier molecular flexibility index (Phi) is 12.2. The average Bonchev–Trinajstić information content (AvgIpc) is 3.03. The van der Waals surface area contributed by atoms with Crippen LogP contribution >= 0.6 is 0 Å². The van der Waals surface area contributed by atoms with Crippen molar-refractivity contribution in [1.82, 2.24) is 5.32 Å². The van der Waals surface area contributed by atoms with Crippen molar-refractivity contribution in [1.29, 1.82) is 0 Å². The lowest BCUT2D eigenvalue weighted by Gasteiger charge is -2.24. The predicted octanol–water partition coefficient (Wildman–Crippen LogP) is 8.72. The molecule has 1 N–H and O–H groups in total. The van der Waals surface area contributed by atoms with E-state index in [2.05, 4.69) is 94.5 Å². The first-order valence-electron chi connectivity index (χ1n) is 13.7. The number of nitrogens with one attached hydrogen (secondary N) is 1. The van der Waals surface area contributed by atoms with Crippen LogP contribution < -0.4 is 5.32 Å². The molecule has 2 aromatic carbocycles. The second-order valence-corrected chi connectivity index (χ2v) is 9.78. The number of allylic oxidation sites excluding steroid dienone is 2. The van der Waals surface area contributed by atoms with Crippen LogP contribution in [0, 0.1) is 19.8 Å². The van der Waals surface area contributed by atoms with Crippen molar-refractivity contribution in [3.63, 3.8) is 0 Å². The quantitative estimate of drug-likeness (QED) is 0.350. The van der Waals surface area contributed by atoms with Gasteiger partial charge in [-0.2, -0.15) is 0 Å². The van der Waals surface area contributed by atoms with Crippen LogP contribution in [0.15, 0.2) is 60.2 Å². The fraction of sp³-hybridized carbons (Fsp3) is 0.485. The van der Waals surface area contributed by atoms with E-state index in [1.165, 1.54) is 51.8 Å². The van der Waals surface area contributed by atoms with Crippen LogP contribution in [-0.4, -0.2) is 18.4 Å². The largest absolute Gasteiger partial charge is 0.307 e. The number of carbonyl (C=O) groups is 1. The SMILES string of the molecule is CC.CCCCCCC(=O)C(C)CC1NCC=C(c2ccc(C)cc2)C(c2ccc(C)cc2)=C1C. The number of hydrogen-bond donors (Lipinski definition) is 1. The van der Waals surface area contributed by atoms with E-state index in [0.29, 0.717) is 12.2 Å². The summed E-state index contributed by atoms with van der Waals surface area (Å²) in [5, 5.41) is 3.73. The summed E-state index contributed by atoms with van der Waals surface area (Å²) in [7, 11) is 0. The molecule has 2 unspecified atom stereocenters. The number of hydrogen-bond acceptors (Lipinski definition) is 2. The van der Waals surface area contributed by atoms with Gasteiger partial charge < -0.3 is 5.32 Å². The van der Waals surface area contributed by atoms with E-state index in [1.807, 2.05) is 13.8 Å². The van der Waals surface area contributed by atoms with Crippen LogP contribution in [0.4, 0.5) is 0 Å². The third kappa shape index (κ3) is 8.32. The molecule has 2 atom stereocenters. The van der Waals surface area contributed by atoms with E-state index in [1.54, 1.807) is 0 Å². The van der Waals surface area contributed by atoms with Gasteiger partial charge in [0.1, 0.15) is 5.78 Å². The molecule has 0 saturated heterocycles. The molecule has 0 bridgehead atoms. The van der Waals surface area contributed by atoms with Gasteiger partial charge in [0.25, 0.3) is 0 Å². The van der Waals surface area contributed by atoms with Gasteiger partial charge in [0.2, 0.25) is 0 Å². The number of unbranched alkanes of at least 4 members (excludes halogenated alkanes) is 3. The van der Waals surface area contributed by atoms with Crippen molar-refractivity contribution >= 4 is 16.9 Å². The van der Waals surface area contributed by atoms with Crippen LogP contribution in [0.1, 0.15) is 95.4 Å². The standard InChI is InChI=1S/C31H41NO.C2H6/c1-6-7-8-9-10-30(33)24(4)21-29-25(5)31(27-17-13-23(3)14-18-27)28(19-20-32-29)26-15-11-22(2)12-16-26;1-2/h11-19,24,29,32H,6-10,20-21H2,1-5H3;1-2H3. The Bertz CT molecular complexity index is 979. The molecule has 0 aliphatic carbocycles. The molecule has 2 aromatic rings. The molecule has 0 radical (unpaired) electrons. The molecule has 190 valence electrons. The number of ketones is 1. The van der Waals surface area contributed by atoms with Crippen LogP contribution in [0.2, 0.25) is 0 Å². The maximum absolute atomic E-state index is 12.8. The fourth-order valence-corrected chi connectivity index (χ4v) is 4.76. The van der Waals surface area contributed by atoms with Gasteiger partial charge in [-0.1, -0.05) is 113 Å². The van der Waals surface area contributed by atoms with Crippen molar-refractivity contribution in [2.24, 2.45) is 5.92 Å². The Hall–Kier alpha value is -2.45. The Balaban J connectivity index is 0.00000210. The van der Waals surface area contributed by atoms with Gasteiger partial charge in [0, 0.05) is 24.9 Å². The molecular weight excluding hydrogens is 426 g/mol. The van der Waals surface area contributed by atoms with Gasteiger partial charge in [-0.25, -0.2) is 0 Å². The van der Waals surface area contributed by atoms with E-state index in [-0.39, 0.29) is 12.0 Å². The number of benzene rings is 2. The van der Waals surface area contributed by atoms with Gasteiger partial charge in [-0.05, 0) is 61.5 Å². The van der Waals surface area contributed by atoms with Crippen molar-refractivity contribution < 1.29 is 4.79 Å². The summed E-state index contributed by atoms with van der Waals surface area (Å²) in [6.07, 6.45) is 8.51. The Labute approximate surface area is 214 Å². The number of Topliss-reactive ketones (excluding diaryl/α,β-unsaturated/α-hetero) is 1. The molecule has 0 saturated carbocycles. The Morgan fingerprint density at radius 1 is 0.886 bits per heavy atom. The monoisotopic (exact) mass is 473 g/mol. The lowest BCUT2D eigenvalue weighted by Crippen LogP contribution is -2.33. The van der Waals surface area contributed by atoms with E-state index in [9.17, 15) is 4.79 Å². The minimum absolute atomic E-state index is 0.0688. The number of aryl methyl sites for hydroxylation is 2. The lowest BCUT2D eigenvalue weighted by molar-refractivity contribution is -0.122. The molecule has 1 aliphatic rings. The fourth-order valence-electron chi connectivity index (χ4n) is 4.76. The van der Waals surface area contributed by atoms with Crippen LogP contribution in [0.3, 0.4) is 0 Å². The maximum atomic E-state index is 12.8. The van der Waals surface area contributed by atoms with Crippen LogP contribution in [-0.2, 0) is 4.79 Å². The summed E-state index contributed by atoms with van der Waals surface area (Å²) >= 11 is 0. The molecule has 1 heterocycles. The van der Waals surface area contributed by atoms with Crippen molar-refractivity contribution in [3.05, 3.63) is 82.4 Å². The first-order chi connectivity index (χ1) is 16.9. The molecule has 3 rings (SSSR count). The molecule has 0 fully saturated rings. The maximum Gasteiger partial charge on any atom is 0.135 e. The normalized spacial score (nSPS) is 16.7. The van der Waals surface area contributed by atoms with Crippen molar-refractivity contribution in [3.8, 4) is 0 Å². The number of carbonyl (C=O) groups excluding carboxylic acids is 1. The highest BCUT2D eigenvalue weighted by Gasteiger charge is 2.25. The highest BCUT2D eigenvalue weighted by atomic mass is 16.1. The van der Waals surface area contributed by atoms with Crippen molar-refractivity contribution in [2.45, 2.75) is 93.0 Å². The van der Waals surface area contributed by atoms with Gasteiger partial charge >= 0.3 is 0 Å². The minimum atomic E-state index is 0.0688. The van der Waals surface area contributed by atoms with Gasteiger partial charge in [-0.15, -0.1) is 0 Å². The first-order valence-corrected chi connectivity index (χ1v) is 13.7. The van der Waals surface area contributed by atoms with Crippen LogP contribution in [0.25, 0.3) is 11.1 Å². The third-order valence-electron chi connectivity index (χ3n) is 6.98. The Morgan fingerprint density at radius 2 is 1.46 bits per heavy atom. The topological polar surface area (TPSA) is 29.1 Å². The molecule has 35 heavy (non-hydrogen) atoms. The smallest absolute Gasteiger partial charge is 0.135 e. The molecule has 2 nitrogen and oxygen atoms in total. The van der Waals surface area contributed by atoms with Crippen molar-refractivity contribution in [2.75, 3.05) is 6.54 Å². The Morgan fingerprint density at radius 3 is 2.03 bits per heavy atom. The van der Waals surface area contributed by atoms with E-state index < -0.39 is 0 Å². The first kappa shape index (κ1) is 28.8. The van der Waals surface area contributed by atoms with E-state index >= 15 is 0 Å².